The number of hydrogen-bond donors (Lipinski definition) is 5. The third kappa shape index (κ3) is 4.07. The zero-order valence-corrected chi connectivity index (χ0v) is 17.0. The molecule has 0 spiro atoms. The lowest BCUT2D eigenvalue weighted by molar-refractivity contribution is -0.150. The zero-order chi connectivity index (χ0) is 21.1. The number of carboxylic acid groups (broad SMARTS) is 1. The van der Waals surface area contributed by atoms with Crippen LogP contribution in [0.4, 0.5) is 5.13 Å². The minimum Gasteiger partial charge on any atom is -0.477 e. The largest absolute Gasteiger partial charge is 0.477 e. The monoisotopic (exact) mass is 457 g/mol. The summed E-state index contributed by atoms with van der Waals surface area (Å²) in [5.41, 5.74) is 10.2. The number of nitrogens with two attached hydrogens (primary N) is 2. The Bertz CT molecular complexity index is 944. The predicted octanol–water partition coefficient (Wildman–Crippen LogP) is -0.800. The van der Waals surface area contributed by atoms with Crippen LogP contribution >= 0.6 is 35.1 Å². The van der Waals surface area contributed by atoms with Crippen LogP contribution < -0.4 is 16.8 Å². The first-order valence-electron chi connectivity index (χ1n) is 7.94. The molecular formula is C14H15N7O5S3. The molecule has 1 unspecified atom stereocenters. The van der Waals surface area contributed by atoms with Crippen molar-refractivity contribution in [1.82, 2.24) is 19.6 Å². The van der Waals surface area contributed by atoms with Crippen LogP contribution in [0, 0.1) is 0 Å². The van der Waals surface area contributed by atoms with E-state index < -0.39 is 34.9 Å². The Hall–Kier alpha value is -2.62. The van der Waals surface area contributed by atoms with Gasteiger partial charge in [-0.25, -0.2) is 4.79 Å². The molecule has 3 rings (SSSR count). The Morgan fingerprint density at radius 1 is 1.48 bits per heavy atom. The lowest BCUT2D eigenvalue weighted by Crippen LogP contribution is -2.71. The standard InChI is InChI=1S/C14H15N7O5S3/c15-2-1-3-27-5-4-28-12-7(11(23)21(12)8(5)13(24)25)17-10(22)6(19-26)9-18-14(16)29-20-9/h1,3,7,12,26H,2,4,15H2,(H,17,22)(H,24,25)(H2,16,18,20)/b3-1-,19-6-/t7?,12-/m1/s1. The van der Waals surface area contributed by atoms with Crippen molar-refractivity contribution in [2.45, 2.75) is 11.4 Å². The summed E-state index contributed by atoms with van der Waals surface area (Å²) in [5.74, 6) is -2.54. The number of β-lactam (4-membered cyclic amide) rings is 1. The van der Waals surface area contributed by atoms with Crippen molar-refractivity contribution < 1.29 is 24.7 Å². The Balaban J connectivity index is 1.76. The average Bonchev–Trinajstić information content (AvgIpc) is 3.12. The molecule has 29 heavy (non-hydrogen) atoms. The topological polar surface area (TPSA) is 197 Å². The lowest BCUT2D eigenvalue weighted by atomic mass is 10.0. The molecular weight excluding hydrogens is 442 g/mol. The Labute approximate surface area is 176 Å². The first-order chi connectivity index (χ1) is 13.9. The van der Waals surface area contributed by atoms with Gasteiger partial charge in [0.2, 0.25) is 11.5 Å². The van der Waals surface area contributed by atoms with Crippen LogP contribution in [0.5, 0.6) is 0 Å². The first kappa shape index (κ1) is 21.1. The molecule has 2 aliphatic rings. The van der Waals surface area contributed by atoms with Crippen molar-refractivity contribution in [3.05, 3.63) is 27.9 Å². The second-order valence-electron chi connectivity index (χ2n) is 5.57. The van der Waals surface area contributed by atoms with Gasteiger partial charge in [0.25, 0.3) is 11.8 Å². The number of carbonyl (C=O) groups excluding carboxylic acids is 2. The molecule has 0 aliphatic carbocycles. The number of aromatic nitrogens is 2. The van der Waals surface area contributed by atoms with Crippen molar-refractivity contribution in [1.29, 1.82) is 0 Å². The number of carbonyl (C=O) groups is 3. The molecule has 1 saturated heterocycles. The van der Waals surface area contributed by atoms with Crippen LogP contribution in [0.1, 0.15) is 5.82 Å². The van der Waals surface area contributed by atoms with Crippen LogP contribution in [-0.4, -0.2) is 71.8 Å². The highest BCUT2D eigenvalue weighted by molar-refractivity contribution is 8.08. The number of hydrogen-bond acceptors (Lipinski definition) is 12. The summed E-state index contributed by atoms with van der Waals surface area (Å²) in [7, 11) is 0. The maximum atomic E-state index is 12.6. The number of fused-ring (bicyclic) bond motifs is 1. The van der Waals surface area contributed by atoms with E-state index in [0.717, 1.165) is 16.4 Å². The van der Waals surface area contributed by atoms with Gasteiger partial charge in [-0.05, 0) is 5.41 Å². The number of carboxylic acids is 1. The van der Waals surface area contributed by atoms with Crippen molar-refractivity contribution in [3.63, 3.8) is 0 Å². The van der Waals surface area contributed by atoms with Gasteiger partial charge in [-0.1, -0.05) is 23.0 Å². The number of thioether (sulfide) groups is 2. The van der Waals surface area contributed by atoms with E-state index in [0.29, 0.717) is 17.2 Å². The van der Waals surface area contributed by atoms with Crippen LogP contribution in [-0.2, 0) is 14.4 Å². The van der Waals surface area contributed by atoms with Gasteiger partial charge in [0.1, 0.15) is 17.1 Å². The van der Waals surface area contributed by atoms with Crippen molar-refractivity contribution >= 4 is 63.7 Å². The molecule has 1 fully saturated rings. The molecule has 12 nitrogen and oxygen atoms in total. The van der Waals surface area contributed by atoms with Crippen LogP contribution in [0.15, 0.2) is 27.2 Å². The third-order valence-corrected chi connectivity index (χ3v) is 6.79. The summed E-state index contributed by atoms with van der Waals surface area (Å²) in [5, 5.41) is 25.1. The smallest absolute Gasteiger partial charge is 0.353 e. The molecule has 1 aromatic rings. The maximum absolute atomic E-state index is 12.6. The number of anilines is 1. The van der Waals surface area contributed by atoms with E-state index in [-0.39, 0.29) is 16.7 Å². The number of rotatable bonds is 7. The van der Waals surface area contributed by atoms with E-state index in [9.17, 15) is 19.5 Å². The maximum Gasteiger partial charge on any atom is 0.353 e. The van der Waals surface area contributed by atoms with Gasteiger partial charge in [-0.2, -0.15) is 9.36 Å². The van der Waals surface area contributed by atoms with E-state index in [2.05, 4.69) is 19.8 Å². The number of amides is 2. The van der Waals surface area contributed by atoms with Crippen LogP contribution in [0.2, 0.25) is 0 Å². The molecule has 1 aromatic heterocycles. The van der Waals surface area contributed by atoms with E-state index in [1.807, 2.05) is 0 Å². The molecule has 154 valence electrons. The number of nitrogens with zero attached hydrogens (tertiary/aromatic N) is 4. The highest BCUT2D eigenvalue weighted by Gasteiger charge is 2.54. The van der Waals surface area contributed by atoms with Crippen LogP contribution in [0.3, 0.4) is 0 Å². The molecule has 7 N–H and O–H groups in total. The summed E-state index contributed by atoms with van der Waals surface area (Å²) < 4.78 is 3.79. The van der Waals surface area contributed by atoms with Gasteiger partial charge in [0.05, 0.1) is 0 Å². The molecule has 0 bridgehead atoms. The predicted molar refractivity (Wildman–Crippen MR) is 108 cm³/mol. The fraction of sp³-hybridized carbons (Fsp3) is 0.286. The second kappa shape index (κ2) is 8.81. The summed E-state index contributed by atoms with van der Waals surface area (Å²) in [6, 6.07) is -0.985. The van der Waals surface area contributed by atoms with E-state index in [1.54, 1.807) is 11.5 Å². The molecule has 15 heteroatoms. The van der Waals surface area contributed by atoms with E-state index in [4.69, 9.17) is 16.7 Å². The van der Waals surface area contributed by atoms with Crippen molar-refractivity contribution in [2.24, 2.45) is 10.9 Å². The number of nitrogen functional groups attached to an aromatic ring is 1. The molecule has 0 radical (unpaired) electrons. The zero-order valence-electron chi connectivity index (χ0n) is 14.5. The van der Waals surface area contributed by atoms with Crippen molar-refractivity contribution in [3.8, 4) is 0 Å². The second-order valence-corrected chi connectivity index (χ2v) is 8.46. The van der Waals surface area contributed by atoms with Gasteiger partial charge in [-0.15, -0.1) is 11.8 Å². The van der Waals surface area contributed by atoms with Gasteiger partial charge < -0.3 is 27.1 Å². The Morgan fingerprint density at radius 3 is 2.83 bits per heavy atom. The first-order valence-corrected chi connectivity index (χ1v) is 10.6. The summed E-state index contributed by atoms with van der Waals surface area (Å²) in [6.45, 7) is 0.309. The van der Waals surface area contributed by atoms with Crippen molar-refractivity contribution in [2.75, 3.05) is 18.0 Å². The van der Waals surface area contributed by atoms with Crippen LogP contribution in [0.25, 0.3) is 0 Å². The van der Waals surface area contributed by atoms with Gasteiger partial charge in [0.15, 0.2) is 5.13 Å². The normalized spacial score (nSPS) is 21.9. The van der Waals surface area contributed by atoms with E-state index in [1.165, 1.54) is 23.5 Å². The number of oxime groups is 1. The lowest BCUT2D eigenvalue weighted by Gasteiger charge is -2.49. The fourth-order valence-electron chi connectivity index (χ4n) is 2.60. The fourth-order valence-corrected chi connectivity index (χ4v) is 5.37. The molecule has 2 amide bonds. The Morgan fingerprint density at radius 2 is 2.24 bits per heavy atom. The average molecular weight is 458 g/mol. The number of aliphatic carboxylic acids is 1. The van der Waals surface area contributed by atoms with E-state index >= 15 is 0 Å². The van der Waals surface area contributed by atoms with Gasteiger partial charge >= 0.3 is 5.97 Å². The number of nitrogens with one attached hydrogen (secondary N) is 1. The molecule has 0 saturated carbocycles. The van der Waals surface area contributed by atoms with Gasteiger partial charge in [0, 0.05) is 28.7 Å². The highest BCUT2D eigenvalue weighted by atomic mass is 32.2. The Kier molecular flexibility index (Phi) is 6.41. The molecule has 2 aliphatic heterocycles. The van der Waals surface area contributed by atoms with Gasteiger partial charge in [-0.3, -0.25) is 14.5 Å². The summed E-state index contributed by atoms with van der Waals surface area (Å²) >= 11 is 3.30. The minimum atomic E-state index is -1.24. The minimum absolute atomic E-state index is 0.0765. The molecule has 2 atom stereocenters. The SMILES string of the molecule is NC/C=C\SC1=C(C(=O)O)N2C(=O)C(NC(=O)/C(=N\O)c3nsc(N)n3)[C@H]2SC1. The summed E-state index contributed by atoms with van der Waals surface area (Å²) in [6.07, 6.45) is 1.67. The molecule has 3 heterocycles. The quantitative estimate of drug-likeness (QED) is 0.149. The molecule has 0 aromatic carbocycles. The third-order valence-electron chi connectivity index (χ3n) is 3.83. The highest BCUT2D eigenvalue weighted by Crippen LogP contribution is 2.43. The summed E-state index contributed by atoms with van der Waals surface area (Å²) in [4.78, 5) is 42.1.